The summed E-state index contributed by atoms with van der Waals surface area (Å²) in [7, 11) is 0. The van der Waals surface area contributed by atoms with Gasteiger partial charge in [-0.1, -0.05) is 18.2 Å². The lowest BCUT2D eigenvalue weighted by Gasteiger charge is -2.14. The van der Waals surface area contributed by atoms with E-state index in [2.05, 4.69) is 5.32 Å². The molecule has 1 aromatic rings. The molecule has 0 saturated heterocycles. The van der Waals surface area contributed by atoms with Crippen LogP contribution in [0, 0.1) is 0 Å². The molecule has 19 heavy (non-hydrogen) atoms. The van der Waals surface area contributed by atoms with Crippen LogP contribution < -0.4 is 11.1 Å². The maximum Gasteiger partial charge on any atom is 0.326 e. The lowest BCUT2D eigenvalue weighted by molar-refractivity contribution is -0.139. The molecular weight excluding hydrogens is 248 g/mol. The molecule has 0 aliphatic heterocycles. The number of carboxylic acids is 1. The first kappa shape index (κ1) is 14.7. The van der Waals surface area contributed by atoms with Crippen LogP contribution in [0.2, 0.25) is 0 Å². The van der Waals surface area contributed by atoms with E-state index in [0.717, 1.165) is 0 Å². The summed E-state index contributed by atoms with van der Waals surface area (Å²) in [6, 6.07) is 7.32. The lowest BCUT2D eigenvalue weighted by atomic mass is 10.1. The second kappa shape index (κ2) is 7.15. The van der Waals surface area contributed by atoms with E-state index in [1.807, 2.05) is 0 Å². The first-order chi connectivity index (χ1) is 9.00. The molecule has 0 radical (unpaired) electrons. The molecule has 0 aliphatic carbocycles. The summed E-state index contributed by atoms with van der Waals surface area (Å²) in [5.41, 5.74) is 5.37. The van der Waals surface area contributed by atoms with Gasteiger partial charge in [0.2, 0.25) is 5.91 Å². The first-order valence-corrected chi connectivity index (χ1v) is 5.87. The van der Waals surface area contributed by atoms with Crippen molar-refractivity contribution in [2.75, 3.05) is 0 Å². The number of benzene rings is 1. The quantitative estimate of drug-likeness (QED) is 0.667. The van der Waals surface area contributed by atoms with Crippen LogP contribution in [0.25, 0.3) is 0 Å². The van der Waals surface area contributed by atoms with Crippen molar-refractivity contribution < 1.29 is 19.5 Å². The summed E-state index contributed by atoms with van der Waals surface area (Å²) in [5.74, 6) is -2.07. The van der Waals surface area contributed by atoms with E-state index in [1.165, 1.54) is 0 Å². The Morgan fingerprint density at radius 2 is 1.84 bits per heavy atom. The van der Waals surface area contributed by atoms with Gasteiger partial charge in [0.1, 0.15) is 6.04 Å². The van der Waals surface area contributed by atoms with Crippen LogP contribution in [0.3, 0.4) is 0 Å². The Morgan fingerprint density at radius 3 is 2.37 bits per heavy atom. The molecule has 1 aromatic carbocycles. The number of aliphatic carboxylic acids is 1. The molecule has 1 rings (SSSR count). The summed E-state index contributed by atoms with van der Waals surface area (Å²) in [4.78, 5) is 33.4. The fourth-order valence-electron chi connectivity index (χ4n) is 1.57. The molecule has 0 saturated carbocycles. The lowest BCUT2D eigenvalue weighted by Crippen LogP contribution is -2.40. The number of amides is 2. The molecule has 0 fully saturated rings. The van der Waals surface area contributed by atoms with Gasteiger partial charge in [0.05, 0.1) is 0 Å². The summed E-state index contributed by atoms with van der Waals surface area (Å²) in [6.07, 6.45) is 0.587. The smallest absolute Gasteiger partial charge is 0.326 e. The summed E-state index contributed by atoms with van der Waals surface area (Å²) in [5, 5.41) is 11.4. The van der Waals surface area contributed by atoms with Crippen molar-refractivity contribution in [1.29, 1.82) is 0 Å². The normalized spacial score (nSPS) is 11.6. The van der Waals surface area contributed by atoms with E-state index in [4.69, 9.17) is 10.8 Å². The van der Waals surface area contributed by atoms with Crippen LogP contribution >= 0.6 is 0 Å². The first-order valence-electron chi connectivity index (χ1n) is 5.87. The van der Waals surface area contributed by atoms with Gasteiger partial charge >= 0.3 is 5.97 Å². The van der Waals surface area contributed by atoms with Gasteiger partial charge in [-0.2, -0.15) is 0 Å². The largest absolute Gasteiger partial charge is 0.480 e. The minimum atomic E-state index is -1.13. The van der Waals surface area contributed by atoms with Gasteiger partial charge in [-0.3, -0.25) is 9.59 Å². The van der Waals surface area contributed by atoms with Crippen LogP contribution in [-0.4, -0.2) is 28.9 Å². The number of rotatable bonds is 7. The van der Waals surface area contributed by atoms with Crippen molar-refractivity contribution in [3.8, 4) is 0 Å². The Labute approximate surface area is 110 Å². The van der Waals surface area contributed by atoms with Crippen LogP contribution in [0.1, 0.15) is 29.6 Å². The maximum absolute atomic E-state index is 11.8. The van der Waals surface area contributed by atoms with Gasteiger partial charge in [0.15, 0.2) is 0 Å². The predicted octanol–water partition coefficient (Wildman–Crippen LogP) is 0.525. The van der Waals surface area contributed by atoms with Gasteiger partial charge < -0.3 is 16.2 Å². The number of nitrogens with one attached hydrogen (secondary N) is 1. The molecule has 0 aromatic heterocycles. The standard InChI is InChI=1S/C13H16N2O4/c14-11(16)8-4-7-10(13(18)19)15-12(17)9-5-2-1-3-6-9/h1-3,5-6,10H,4,7-8H2,(H2,14,16)(H,15,17)(H,18,19). The van der Waals surface area contributed by atoms with E-state index in [1.54, 1.807) is 30.3 Å². The van der Waals surface area contributed by atoms with E-state index in [9.17, 15) is 14.4 Å². The zero-order chi connectivity index (χ0) is 14.3. The molecule has 1 atom stereocenters. The molecule has 0 aliphatic rings. The van der Waals surface area contributed by atoms with Crippen molar-refractivity contribution in [3.05, 3.63) is 35.9 Å². The highest BCUT2D eigenvalue weighted by Gasteiger charge is 2.20. The highest BCUT2D eigenvalue weighted by Crippen LogP contribution is 2.04. The Morgan fingerprint density at radius 1 is 1.21 bits per heavy atom. The Balaban J connectivity index is 2.56. The SMILES string of the molecule is NC(=O)CCCC(NC(=O)c1ccccc1)C(=O)O. The zero-order valence-electron chi connectivity index (χ0n) is 10.3. The third kappa shape index (κ3) is 5.20. The molecule has 6 nitrogen and oxygen atoms in total. The van der Waals surface area contributed by atoms with E-state index >= 15 is 0 Å². The number of carbonyl (C=O) groups excluding carboxylic acids is 2. The van der Waals surface area contributed by atoms with Crippen molar-refractivity contribution >= 4 is 17.8 Å². The third-order valence-corrected chi connectivity index (χ3v) is 2.56. The second-order valence-electron chi connectivity index (χ2n) is 4.09. The highest BCUT2D eigenvalue weighted by molar-refractivity contribution is 5.96. The highest BCUT2D eigenvalue weighted by atomic mass is 16.4. The molecule has 102 valence electrons. The Hall–Kier alpha value is -2.37. The molecule has 0 spiro atoms. The number of hydrogen-bond acceptors (Lipinski definition) is 3. The molecular formula is C13H16N2O4. The molecule has 0 heterocycles. The number of primary amides is 1. The minimum absolute atomic E-state index is 0.102. The summed E-state index contributed by atoms with van der Waals surface area (Å²) < 4.78 is 0. The molecule has 0 bridgehead atoms. The fourth-order valence-corrected chi connectivity index (χ4v) is 1.57. The number of carboxylic acid groups (broad SMARTS) is 1. The van der Waals surface area contributed by atoms with Crippen molar-refractivity contribution in [1.82, 2.24) is 5.32 Å². The number of nitrogens with two attached hydrogens (primary N) is 1. The average Bonchev–Trinajstić information content (AvgIpc) is 2.37. The number of hydrogen-bond donors (Lipinski definition) is 3. The zero-order valence-corrected chi connectivity index (χ0v) is 10.3. The van der Waals surface area contributed by atoms with Crippen molar-refractivity contribution in [2.24, 2.45) is 5.73 Å². The second-order valence-corrected chi connectivity index (χ2v) is 4.09. The van der Waals surface area contributed by atoms with Crippen molar-refractivity contribution in [3.63, 3.8) is 0 Å². The average molecular weight is 264 g/mol. The predicted molar refractivity (Wildman–Crippen MR) is 68.4 cm³/mol. The van der Waals surface area contributed by atoms with Crippen molar-refractivity contribution in [2.45, 2.75) is 25.3 Å². The molecule has 1 unspecified atom stereocenters. The minimum Gasteiger partial charge on any atom is -0.480 e. The van der Waals surface area contributed by atoms with Gasteiger partial charge in [-0.05, 0) is 25.0 Å². The van der Waals surface area contributed by atoms with Crippen LogP contribution in [-0.2, 0) is 9.59 Å². The van der Waals surface area contributed by atoms with Gasteiger partial charge in [-0.25, -0.2) is 4.79 Å². The monoisotopic (exact) mass is 264 g/mol. The maximum atomic E-state index is 11.8. The van der Waals surface area contributed by atoms with Gasteiger partial charge in [-0.15, -0.1) is 0 Å². The summed E-state index contributed by atoms with van der Waals surface area (Å²) >= 11 is 0. The van der Waals surface area contributed by atoms with Crippen LogP contribution in [0.5, 0.6) is 0 Å². The fraction of sp³-hybridized carbons (Fsp3) is 0.308. The van der Waals surface area contributed by atoms with E-state index < -0.39 is 23.8 Å². The third-order valence-electron chi connectivity index (χ3n) is 2.56. The van der Waals surface area contributed by atoms with Crippen LogP contribution in [0.4, 0.5) is 0 Å². The molecule has 6 heteroatoms. The summed E-state index contributed by atoms with van der Waals surface area (Å²) in [6.45, 7) is 0. The molecule has 4 N–H and O–H groups in total. The van der Waals surface area contributed by atoms with E-state index in [-0.39, 0.29) is 12.8 Å². The molecule has 2 amide bonds. The number of carbonyl (C=O) groups is 3. The van der Waals surface area contributed by atoms with E-state index in [0.29, 0.717) is 12.0 Å². The topological polar surface area (TPSA) is 109 Å². The van der Waals surface area contributed by atoms with Gasteiger partial charge in [0.25, 0.3) is 5.91 Å². The van der Waals surface area contributed by atoms with Gasteiger partial charge in [0, 0.05) is 12.0 Å². The Bertz CT molecular complexity index is 459. The Kier molecular flexibility index (Phi) is 5.53. The van der Waals surface area contributed by atoms with Crippen LogP contribution in [0.15, 0.2) is 30.3 Å².